The summed E-state index contributed by atoms with van der Waals surface area (Å²) in [6.45, 7) is 0.265. The second-order valence-electron chi connectivity index (χ2n) is 9.32. The van der Waals surface area contributed by atoms with Crippen LogP contribution in [0.15, 0.2) is 36.8 Å². The van der Waals surface area contributed by atoms with Crippen LogP contribution in [0.5, 0.6) is 5.75 Å². The van der Waals surface area contributed by atoms with Crippen molar-refractivity contribution in [3.05, 3.63) is 48.0 Å². The Morgan fingerprint density at radius 1 is 1.17 bits per heavy atom. The van der Waals surface area contributed by atoms with Crippen LogP contribution in [0.25, 0.3) is 0 Å². The molecule has 1 aromatic heterocycles. The normalized spacial score (nSPS) is 24.1. The number of hydrogen-bond donors (Lipinski definition) is 2. The zero-order valence-corrected chi connectivity index (χ0v) is 19.6. The highest BCUT2D eigenvalue weighted by Crippen LogP contribution is 2.32. The zero-order valence-electron chi connectivity index (χ0n) is 19.6. The summed E-state index contributed by atoms with van der Waals surface area (Å²) in [5, 5.41) is 5.82. The molecular formula is C25H29N5O5. The fraction of sp³-hybridized carbons (Fsp3) is 0.480. The standard InChI is InChI=1S/C25H29N5O5/c1-30-20-7-6-17(12-23(31)28-15-3-2-4-15)35-22(20)14-34-21-8-5-16(11-18(21)25(30)33)29-24(32)19-13-26-9-10-27-19/h5,8-11,13,15,17,20,22H,2-4,6-7,12,14H2,1H3,(H,28,31)(H,29,32)/t17-,20+,22-/m1/s1. The van der Waals surface area contributed by atoms with Gasteiger partial charge in [0, 0.05) is 31.2 Å². The van der Waals surface area contributed by atoms with Crippen molar-refractivity contribution in [3.8, 4) is 5.75 Å². The molecule has 0 spiro atoms. The van der Waals surface area contributed by atoms with Gasteiger partial charge in [0.1, 0.15) is 24.2 Å². The van der Waals surface area contributed by atoms with Gasteiger partial charge in [-0.15, -0.1) is 0 Å². The third-order valence-electron chi connectivity index (χ3n) is 6.95. The molecule has 2 N–H and O–H groups in total. The Hall–Kier alpha value is -3.53. The molecule has 5 rings (SSSR count). The first-order valence-corrected chi connectivity index (χ1v) is 12.0. The lowest BCUT2D eigenvalue weighted by Crippen LogP contribution is -2.54. The van der Waals surface area contributed by atoms with E-state index in [0.717, 1.165) is 19.3 Å². The van der Waals surface area contributed by atoms with E-state index < -0.39 is 5.91 Å². The van der Waals surface area contributed by atoms with Gasteiger partial charge >= 0.3 is 0 Å². The molecule has 35 heavy (non-hydrogen) atoms. The van der Waals surface area contributed by atoms with Gasteiger partial charge in [-0.3, -0.25) is 19.4 Å². The van der Waals surface area contributed by atoms with E-state index >= 15 is 0 Å². The first-order chi connectivity index (χ1) is 17.0. The highest BCUT2D eigenvalue weighted by atomic mass is 16.5. The molecule has 1 saturated heterocycles. The lowest BCUT2D eigenvalue weighted by Gasteiger charge is -2.42. The van der Waals surface area contributed by atoms with Gasteiger partial charge < -0.3 is 25.0 Å². The molecule has 0 bridgehead atoms. The minimum Gasteiger partial charge on any atom is -0.490 e. The molecular weight excluding hydrogens is 450 g/mol. The molecule has 2 aliphatic heterocycles. The first kappa shape index (κ1) is 23.2. The van der Waals surface area contributed by atoms with Gasteiger partial charge in [0.25, 0.3) is 11.8 Å². The molecule has 2 aromatic rings. The molecule has 3 atom stereocenters. The van der Waals surface area contributed by atoms with Gasteiger partial charge in [-0.1, -0.05) is 0 Å². The molecule has 3 heterocycles. The zero-order chi connectivity index (χ0) is 24.4. The van der Waals surface area contributed by atoms with Crippen molar-refractivity contribution in [3.63, 3.8) is 0 Å². The number of rotatable bonds is 5. The summed E-state index contributed by atoms with van der Waals surface area (Å²) < 4.78 is 12.2. The van der Waals surface area contributed by atoms with E-state index in [1.165, 1.54) is 25.0 Å². The molecule has 10 heteroatoms. The van der Waals surface area contributed by atoms with Crippen molar-refractivity contribution in [1.82, 2.24) is 20.2 Å². The maximum atomic E-state index is 13.4. The molecule has 1 saturated carbocycles. The van der Waals surface area contributed by atoms with Gasteiger partial charge in [-0.2, -0.15) is 0 Å². The number of aromatic nitrogens is 2. The number of carbonyl (C=O) groups is 3. The largest absolute Gasteiger partial charge is 0.490 e. The molecule has 3 amide bonds. The Bertz CT molecular complexity index is 1110. The van der Waals surface area contributed by atoms with Crippen LogP contribution in [0.2, 0.25) is 0 Å². The van der Waals surface area contributed by atoms with Crippen molar-refractivity contribution in [2.75, 3.05) is 19.0 Å². The average Bonchev–Trinajstić information content (AvgIpc) is 2.84. The number of fused-ring (bicyclic) bond motifs is 2. The molecule has 184 valence electrons. The minimum atomic E-state index is -0.418. The highest BCUT2D eigenvalue weighted by Gasteiger charge is 2.39. The van der Waals surface area contributed by atoms with Gasteiger partial charge in [-0.25, -0.2) is 4.98 Å². The van der Waals surface area contributed by atoms with Gasteiger partial charge in [0.15, 0.2) is 0 Å². The molecule has 2 fully saturated rings. The summed E-state index contributed by atoms with van der Waals surface area (Å²) in [5.74, 6) is -0.184. The number of likely N-dealkylation sites (N-methyl/N-ethyl adjacent to an activating group) is 1. The van der Waals surface area contributed by atoms with Crippen LogP contribution in [0, 0.1) is 0 Å². The molecule has 1 aromatic carbocycles. The van der Waals surface area contributed by atoms with Gasteiger partial charge in [0.2, 0.25) is 5.91 Å². The maximum absolute atomic E-state index is 13.4. The van der Waals surface area contributed by atoms with E-state index in [1.54, 1.807) is 30.1 Å². The van der Waals surface area contributed by atoms with Crippen molar-refractivity contribution in [1.29, 1.82) is 0 Å². The van der Waals surface area contributed by atoms with E-state index in [9.17, 15) is 14.4 Å². The number of carbonyl (C=O) groups excluding carboxylic acids is 3. The molecule has 1 aliphatic carbocycles. The Labute approximate surface area is 203 Å². The topological polar surface area (TPSA) is 123 Å². The van der Waals surface area contributed by atoms with Crippen molar-refractivity contribution in [2.45, 2.75) is 62.8 Å². The second kappa shape index (κ2) is 9.99. The maximum Gasteiger partial charge on any atom is 0.275 e. The fourth-order valence-electron chi connectivity index (χ4n) is 4.76. The number of nitrogens with one attached hydrogen (secondary N) is 2. The smallest absolute Gasteiger partial charge is 0.275 e. The van der Waals surface area contributed by atoms with Crippen LogP contribution in [0.4, 0.5) is 5.69 Å². The Kier molecular flexibility index (Phi) is 6.63. The monoisotopic (exact) mass is 479 g/mol. The Morgan fingerprint density at radius 2 is 2.03 bits per heavy atom. The van der Waals surface area contributed by atoms with Crippen molar-refractivity contribution >= 4 is 23.4 Å². The predicted octanol–water partition coefficient (Wildman–Crippen LogP) is 2.17. The number of hydrogen-bond acceptors (Lipinski definition) is 7. The Morgan fingerprint density at radius 3 is 2.77 bits per heavy atom. The lowest BCUT2D eigenvalue weighted by atomic mass is 9.92. The van der Waals surface area contributed by atoms with Crippen LogP contribution < -0.4 is 15.4 Å². The third-order valence-corrected chi connectivity index (χ3v) is 6.95. The van der Waals surface area contributed by atoms with Crippen molar-refractivity contribution < 1.29 is 23.9 Å². The molecule has 10 nitrogen and oxygen atoms in total. The number of benzene rings is 1. The number of ether oxygens (including phenoxy) is 2. The average molecular weight is 480 g/mol. The van der Waals surface area contributed by atoms with E-state index in [2.05, 4.69) is 20.6 Å². The van der Waals surface area contributed by atoms with E-state index in [-0.39, 0.29) is 42.4 Å². The van der Waals surface area contributed by atoms with Gasteiger partial charge in [-0.05, 0) is 50.3 Å². The molecule has 3 aliphatic rings. The number of anilines is 1. The summed E-state index contributed by atoms with van der Waals surface area (Å²) >= 11 is 0. The lowest BCUT2D eigenvalue weighted by molar-refractivity contribution is -0.135. The quantitative estimate of drug-likeness (QED) is 0.674. The van der Waals surface area contributed by atoms with Crippen LogP contribution >= 0.6 is 0 Å². The number of amides is 3. The number of nitrogens with zero attached hydrogens (tertiary/aromatic N) is 3. The summed E-state index contributed by atoms with van der Waals surface area (Å²) in [6, 6.07) is 5.09. The fourth-order valence-corrected chi connectivity index (χ4v) is 4.76. The second-order valence-corrected chi connectivity index (χ2v) is 9.32. The van der Waals surface area contributed by atoms with E-state index in [1.807, 2.05) is 0 Å². The van der Waals surface area contributed by atoms with Crippen LogP contribution in [0.3, 0.4) is 0 Å². The van der Waals surface area contributed by atoms with E-state index in [4.69, 9.17) is 9.47 Å². The third kappa shape index (κ3) is 5.12. The van der Waals surface area contributed by atoms with E-state index in [0.29, 0.717) is 35.9 Å². The van der Waals surface area contributed by atoms with Crippen LogP contribution in [-0.4, -0.2) is 70.5 Å². The highest BCUT2D eigenvalue weighted by molar-refractivity contribution is 6.04. The molecule has 0 radical (unpaired) electrons. The summed E-state index contributed by atoms with van der Waals surface area (Å²) in [7, 11) is 1.76. The minimum absolute atomic E-state index is 0.0238. The molecule has 0 unspecified atom stereocenters. The van der Waals surface area contributed by atoms with Crippen LogP contribution in [0.1, 0.15) is 59.4 Å². The first-order valence-electron chi connectivity index (χ1n) is 12.0. The van der Waals surface area contributed by atoms with Crippen molar-refractivity contribution in [2.24, 2.45) is 0 Å². The summed E-state index contributed by atoms with van der Waals surface area (Å²) in [4.78, 5) is 47.7. The predicted molar refractivity (Wildman–Crippen MR) is 126 cm³/mol. The van der Waals surface area contributed by atoms with Gasteiger partial charge in [0.05, 0.1) is 30.3 Å². The Balaban J connectivity index is 1.26. The van der Waals surface area contributed by atoms with Crippen LogP contribution in [-0.2, 0) is 9.53 Å². The SMILES string of the molecule is CN1C(=O)c2cc(NC(=O)c3cnccn3)ccc2OC[C@H]2O[C@@H](CC(=O)NC3CCC3)CC[C@@H]21. The summed E-state index contributed by atoms with van der Waals surface area (Å²) in [5.41, 5.74) is 1.00. The summed E-state index contributed by atoms with van der Waals surface area (Å²) in [6.07, 6.45) is 8.78.